The normalized spacial score (nSPS) is 10.6. The summed E-state index contributed by atoms with van der Waals surface area (Å²) in [4.78, 5) is 0. The molecule has 18 heavy (non-hydrogen) atoms. The van der Waals surface area contributed by atoms with Crippen LogP contribution in [0.2, 0.25) is 0 Å². The molecule has 0 saturated heterocycles. The summed E-state index contributed by atoms with van der Waals surface area (Å²) in [6.07, 6.45) is 3.38. The highest BCUT2D eigenvalue weighted by Gasteiger charge is 2.07. The SMILES string of the molecule is COc1ccc(-n2cc(CCCCl)nn2)cc1F. The zero-order valence-corrected chi connectivity index (χ0v) is 10.7. The fraction of sp³-hybridized carbons (Fsp3) is 0.333. The summed E-state index contributed by atoms with van der Waals surface area (Å²) < 4.78 is 19.9. The quantitative estimate of drug-likeness (QED) is 0.784. The van der Waals surface area contributed by atoms with Crippen LogP contribution in [0.1, 0.15) is 12.1 Å². The predicted octanol–water partition coefficient (Wildman–Crippen LogP) is 2.59. The van der Waals surface area contributed by atoms with E-state index in [9.17, 15) is 4.39 Å². The number of halogens is 2. The molecule has 1 heterocycles. The van der Waals surface area contributed by atoms with Crippen molar-refractivity contribution < 1.29 is 9.13 Å². The molecule has 6 heteroatoms. The van der Waals surface area contributed by atoms with Crippen LogP contribution >= 0.6 is 11.6 Å². The van der Waals surface area contributed by atoms with Gasteiger partial charge in [-0.1, -0.05) is 5.21 Å². The third-order valence-electron chi connectivity index (χ3n) is 2.51. The number of nitrogens with zero attached hydrogens (tertiary/aromatic N) is 3. The Hall–Kier alpha value is -1.62. The first-order chi connectivity index (χ1) is 8.74. The molecule has 0 saturated carbocycles. The van der Waals surface area contributed by atoms with Crippen LogP contribution < -0.4 is 4.74 Å². The van der Waals surface area contributed by atoms with Gasteiger partial charge in [-0.15, -0.1) is 16.7 Å². The van der Waals surface area contributed by atoms with Crippen LogP contribution in [-0.2, 0) is 6.42 Å². The van der Waals surface area contributed by atoms with Crippen molar-refractivity contribution in [2.75, 3.05) is 13.0 Å². The van der Waals surface area contributed by atoms with E-state index in [1.807, 2.05) is 0 Å². The highest BCUT2D eigenvalue weighted by Crippen LogP contribution is 2.19. The van der Waals surface area contributed by atoms with Gasteiger partial charge in [0.25, 0.3) is 0 Å². The van der Waals surface area contributed by atoms with Gasteiger partial charge in [0, 0.05) is 11.9 Å². The largest absolute Gasteiger partial charge is 0.494 e. The Morgan fingerprint density at radius 1 is 1.44 bits per heavy atom. The van der Waals surface area contributed by atoms with Crippen molar-refractivity contribution in [1.82, 2.24) is 15.0 Å². The van der Waals surface area contributed by atoms with Crippen molar-refractivity contribution in [3.8, 4) is 11.4 Å². The number of benzene rings is 1. The Bertz CT molecular complexity index is 530. The van der Waals surface area contributed by atoms with Gasteiger partial charge in [-0.25, -0.2) is 9.07 Å². The number of hydrogen-bond acceptors (Lipinski definition) is 3. The van der Waals surface area contributed by atoms with Crippen molar-refractivity contribution in [3.63, 3.8) is 0 Å². The van der Waals surface area contributed by atoms with E-state index in [2.05, 4.69) is 10.3 Å². The molecule has 0 radical (unpaired) electrons. The van der Waals surface area contributed by atoms with Gasteiger partial charge in [0.2, 0.25) is 0 Å². The molecular formula is C12H13ClFN3O. The summed E-state index contributed by atoms with van der Waals surface area (Å²) in [6.45, 7) is 0. The lowest BCUT2D eigenvalue weighted by atomic mass is 10.2. The van der Waals surface area contributed by atoms with Crippen LogP contribution in [0.25, 0.3) is 5.69 Å². The van der Waals surface area contributed by atoms with Gasteiger partial charge in [-0.05, 0) is 25.0 Å². The van der Waals surface area contributed by atoms with Crippen molar-refractivity contribution in [3.05, 3.63) is 35.9 Å². The smallest absolute Gasteiger partial charge is 0.167 e. The van der Waals surface area contributed by atoms with Gasteiger partial charge >= 0.3 is 0 Å². The van der Waals surface area contributed by atoms with E-state index >= 15 is 0 Å². The number of aromatic nitrogens is 3. The molecule has 2 aromatic rings. The molecule has 0 aliphatic carbocycles. The molecule has 1 aromatic heterocycles. The van der Waals surface area contributed by atoms with Gasteiger partial charge in [0.1, 0.15) is 0 Å². The number of methoxy groups -OCH3 is 1. The average molecular weight is 270 g/mol. The van der Waals surface area contributed by atoms with E-state index in [1.165, 1.54) is 17.9 Å². The average Bonchev–Trinajstić information content (AvgIpc) is 2.85. The minimum absolute atomic E-state index is 0.209. The van der Waals surface area contributed by atoms with E-state index in [4.69, 9.17) is 16.3 Å². The molecule has 0 unspecified atom stereocenters. The maximum atomic E-state index is 13.5. The monoisotopic (exact) mass is 269 g/mol. The maximum Gasteiger partial charge on any atom is 0.167 e. The number of alkyl halides is 1. The van der Waals surface area contributed by atoms with Crippen molar-refractivity contribution in [2.45, 2.75) is 12.8 Å². The molecule has 0 atom stereocenters. The van der Waals surface area contributed by atoms with Gasteiger partial charge in [-0.3, -0.25) is 0 Å². The topological polar surface area (TPSA) is 39.9 Å². The summed E-state index contributed by atoms with van der Waals surface area (Å²) in [5.74, 6) is 0.373. The van der Waals surface area contributed by atoms with Crippen LogP contribution in [0.5, 0.6) is 5.75 Å². The summed E-state index contributed by atoms with van der Waals surface area (Å²) in [5, 5.41) is 7.96. The Morgan fingerprint density at radius 2 is 2.28 bits per heavy atom. The number of hydrogen-bond donors (Lipinski definition) is 0. The van der Waals surface area contributed by atoms with E-state index in [1.54, 1.807) is 18.3 Å². The van der Waals surface area contributed by atoms with E-state index in [-0.39, 0.29) is 5.75 Å². The second-order valence-electron chi connectivity index (χ2n) is 3.77. The molecule has 2 rings (SSSR count). The summed E-state index contributed by atoms with van der Waals surface area (Å²) in [5.41, 5.74) is 1.45. The number of ether oxygens (including phenoxy) is 1. The molecule has 0 aliphatic rings. The zero-order chi connectivity index (χ0) is 13.0. The highest BCUT2D eigenvalue weighted by atomic mass is 35.5. The Kier molecular flexibility index (Phi) is 4.15. The number of aryl methyl sites for hydroxylation is 1. The lowest BCUT2D eigenvalue weighted by Crippen LogP contribution is -1.97. The van der Waals surface area contributed by atoms with Crippen molar-refractivity contribution in [2.24, 2.45) is 0 Å². The molecular weight excluding hydrogens is 257 g/mol. The van der Waals surface area contributed by atoms with Crippen molar-refractivity contribution >= 4 is 11.6 Å². The first-order valence-electron chi connectivity index (χ1n) is 5.55. The third-order valence-corrected chi connectivity index (χ3v) is 2.77. The van der Waals surface area contributed by atoms with Gasteiger partial charge in [0.15, 0.2) is 11.6 Å². The van der Waals surface area contributed by atoms with Crippen LogP contribution in [0.3, 0.4) is 0 Å². The summed E-state index contributed by atoms with van der Waals surface area (Å²) >= 11 is 5.61. The zero-order valence-electron chi connectivity index (χ0n) is 9.94. The molecule has 0 aliphatic heterocycles. The molecule has 1 aromatic carbocycles. The standard InChI is InChI=1S/C12H13ClFN3O/c1-18-12-5-4-10(7-11(12)14)17-8-9(15-16-17)3-2-6-13/h4-5,7-8H,2-3,6H2,1H3. The first-order valence-corrected chi connectivity index (χ1v) is 6.09. The Labute approximate surface area is 109 Å². The van der Waals surface area contributed by atoms with Crippen LogP contribution in [0.4, 0.5) is 4.39 Å². The van der Waals surface area contributed by atoms with Crippen LogP contribution in [-0.4, -0.2) is 28.0 Å². The Balaban J connectivity index is 2.20. The fourth-order valence-electron chi connectivity index (χ4n) is 1.58. The maximum absolute atomic E-state index is 13.5. The first kappa shape index (κ1) is 12.8. The number of rotatable bonds is 5. The second-order valence-corrected chi connectivity index (χ2v) is 4.14. The molecule has 96 valence electrons. The van der Waals surface area contributed by atoms with E-state index in [0.717, 1.165) is 18.5 Å². The summed E-state index contributed by atoms with van der Waals surface area (Å²) in [7, 11) is 1.43. The molecule has 0 amide bonds. The Morgan fingerprint density at radius 3 is 2.94 bits per heavy atom. The van der Waals surface area contributed by atoms with Gasteiger partial charge in [0.05, 0.1) is 24.7 Å². The minimum atomic E-state index is -0.423. The highest BCUT2D eigenvalue weighted by molar-refractivity contribution is 6.17. The lowest BCUT2D eigenvalue weighted by molar-refractivity contribution is 0.386. The molecule has 4 nitrogen and oxygen atoms in total. The fourth-order valence-corrected chi connectivity index (χ4v) is 1.72. The lowest BCUT2D eigenvalue weighted by Gasteiger charge is -2.04. The molecule has 0 N–H and O–H groups in total. The van der Waals surface area contributed by atoms with Gasteiger partial charge < -0.3 is 4.74 Å². The molecule has 0 spiro atoms. The van der Waals surface area contributed by atoms with Crippen LogP contribution in [0.15, 0.2) is 24.4 Å². The second kappa shape index (κ2) is 5.82. The molecule has 0 bridgehead atoms. The molecule has 0 fully saturated rings. The minimum Gasteiger partial charge on any atom is -0.494 e. The third kappa shape index (κ3) is 2.79. The van der Waals surface area contributed by atoms with Gasteiger partial charge in [-0.2, -0.15) is 0 Å². The van der Waals surface area contributed by atoms with Crippen molar-refractivity contribution in [1.29, 1.82) is 0 Å². The van der Waals surface area contributed by atoms with E-state index < -0.39 is 5.82 Å². The van der Waals surface area contributed by atoms with E-state index in [0.29, 0.717) is 11.6 Å². The summed E-state index contributed by atoms with van der Waals surface area (Å²) in [6, 6.07) is 4.64. The van der Waals surface area contributed by atoms with Crippen LogP contribution in [0, 0.1) is 5.82 Å². The predicted molar refractivity (Wildman–Crippen MR) is 66.9 cm³/mol.